The number of hydrogen-bond donors (Lipinski definition) is 2. The number of fused-ring (bicyclic) bond motifs is 4. The summed E-state index contributed by atoms with van der Waals surface area (Å²) in [5.74, 6) is 0.525. The van der Waals surface area contributed by atoms with Crippen LogP contribution in [0, 0.1) is 0 Å². The molecule has 7 nitrogen and oxygen atoms in total. The molecule has 2 N–H and O–H groups in total. The van der Waals surface area contributed by atoms with E-state index in [1.54, 1.807) is 0 Å². The van der Waals surface area contributed by atoms with Crippen LogP contribution in [0.4, 0.5) is 11.4 Å². The van der Waals surface area contributed by atoms with E-state index >= 15 is 4.79 Å². The average Bonchev–Trinajstić information content (AvgIpc) is 4.18. The first-order valence-electron chi connectivity index (χ1n) is 26.0. The Balaban J connectivity index is 0.912. The van der Waals surface area contributed by atoms with Gasteiger partial charge in [0.15, 0.2) is 0 Å². The number of ketones is 1. The zero-order valence-electron chi connectivity index (χ0n) is 41.7. The lowest BCUT2D eigenvalue weighted by Crippen LogP contribution is -2.31. The molecular weight excluding hydrogens is 885 g/mol. The van der Waals surface area contributed by atoms with Gasteiger partial charge in [-0.05, 0) is 129 Å². The lowest BCUT2D eigenvalue weighted by Gasteiger charge is -2.28. The SMILES string of the molecule is CC(C)c1ccccc1-c1ccc2c(c1)C(O)CC21CCN(c2cc(-c3ccccc3)cnc2C(=O)c2ncc(-c3ccccc3)cc2N2CCC3(CC(O)c4cc(-c5ccccc5C(C)C)ccc43)C2)C1. The van der Waals surface area contributed by atoms with Gasteiger partial charge in [0.25, 0.3) is 0 Å². The Kier molecular flexibility index (Phi) is 11.6. The van der Waals surface area contributed by atoms with Gasteiger partial charge in [-0.25, -0.2) is 9.97 Å². The highest BCUT2D eigenvalue weighted by Gasteiger charge is 2.50. The maximum Gasteiger partial charge on any atom is 0.233 e. The number of aliphatic hydroxyl groups excluding tert-OH is 2. The molecule has 7 heteroatoms. The van der Waals surface area contributed by atoms with Crippen molar-refractivity contribution in [3.8, 4) is 44.5 Å². The van der Waals surface area contributed by atoms with Crippen molar-refractivity contribution in [2.75, 3.05) is 36.0 Å². The van der Waals surface area contributed by atoms with Crippen molar-refractivity contribution in [1.29, 1.82) is 0 Å². The standard InChI is InChI=1S/C65H62N4O3/c1-41(2)49-19-11-13-21-51(49)45-23-25-55-53(31-45)59(70)35-64(55)27-29-68(39-64)57-33-47(43-15-7-5-8-16-43)37-66-61(57)63(72)62-58(34-48(38-67-62)44-17-9-6-10-18-44)69-30-28-65(40-69)36-60(71)54-32-46(24-26-56(54)65)52-22-14-12-20-50(52)42(3)4/h5-26,31-34,37-38,41-42,59-60,70-71H,27-30,35-36,39-40H2,1-4H3. The van der Waals surface area contributed by atoms with Crippen LogP contribution in [0.15, 0.2) is 170 Å². The Hall–Kier alpha value is -7.19. The van der Waals surface area contributed by atoms with E-state index in [2.05, 4.69) is 159 Å². The van der Waals surface area contributed by atoms with Gasteiger partial charge in [-0.15, -0.1) is 0 Å². The molecular formula is C65H62N4O3. The molecule has 8 aromatic rings. The van der Waals surface area contributed by atoms with Gasteiger partial charge in [-0.3, -0.25) is 4.79 Å². The first-order chi connectivity index (χ1) is 35.0. The molecule has 4 atom stereocenters. The third-order valence-corrected chi connectivity index (χ3v) is 16.7. The van der Waals surface area contributed by atoms with E-state index in [0.29, 0.717) is 62.2 Å². The molecule has 2 aromatic heterocycles. The zero-order valence-corrected chi connectivity index (χ0v) is 41.7. The number of anilines is 2. The summed E-state index contributed by atoms with van der Waals surface area (Å²) in [5, 5.41) is 23.7. The minimum Gasteiger partial charge on any atom is -0.388 e. The van der Waals surface area contributed by atoms with Crippen molar-refractivity contribution in [2.45, 2.75) is 88.3 Å². The van der Waals surface area contributed by atoms with Crippen LogP contribution < -0.4 is 9.80 Å². The fourth-order valence-corrected chi connectivity index (χ4v) is 13.0. The molecule has 0 bridgehead atoms. The zero-order chi connectivity index (χ0) is 49.3. The molecule has 0 radical (unpaired) electrons. The van der Waals surface area contributed by atoms with Crippen LogP contribution in [-0.2, 0) is 10.8 Å². The van der Waals surface area contributed by atoms with Crippen LogP contribution in [-0.4, -0.2) is 52.1 Å². The summed E-state index contributed by atoms with van der Waals surface area (Å²) < 4.78 is 0. The molecule has 72 heavy (non-hydrogen) atoms. The fourth-order valence-electron chi connectivity index (χ4n) is 13.0. The number of pyridine rings is 2. The average molecular weight is 947 g/mol. The molecule has 0 amide bonds. The van der Waals surface area contributed by atoms with Crippen molar-refractivity contribution in [3.63, 3.8) is 0 Å². The number of nitrogens with zero attached hydrogens (tertiary/aromatic N) is 4. The van der Waals surface area contributed by atoms with Crippen LogP contribution >= 0.6 is 0 Å². The number of aromatic nitrogens is 2. The van der Waals surface area contributed by atoms with Gasteiger partial charge in [-0.1, -0.05) is 161 Å². The molecule has 2 spiro atoms. The number of aliphatic hydroxyl groups is 2. The Morgan fingerprint density at radius 3 is 1.32 bits per heavy atom. The van der Waals surface area contributed by atoms with Crippen LogP contribution in [0.3, 0.4) is 0 Å². The first kappa shape index (κ1) is 45.9. The summed E-state index contributed by atoms with van der Waals surface area (Å²) in [6, 6.07) is 55.4. The van der Waals surface area contributed by atoms with Crippen molar-refractivity contribution in [1.82, 2.24) is 9.97 Å². The van der Waals surface area contributed by atoms with E-state index in [9.17, 15) is 10.2 Å². The lowest BCUT2D eigenvalue weighted by atomic mass is 9.80. The van der Waals surface area contributed by atoms with Crippen molar-refractivity contribution in [3.05, 3.63) is 215 Å². The number of carbonyl (C=O) groups excluding carboxylic acids is 1. The second-order valence-electron chi connectivity index (χ2n) is 21.7. The number of benzene rings is 6. The number of carbonyl (C=O) groups is 1. The van der Waals surface area contributed by atoms with E-state index in [1.165, 1.54) is 33.4 Å². The van der Waals surface area contributed by atoms with Crippen LogP contribution in [0.1, 0.15) is 127 Å². The maximum atomic E-state index is 15.7. The Labute approximate surface area is 423 Å². The summed E-state index contributed by atoms with van der Waals surface area (Å²) in [6.07, 6.45) is 5.41. The topological polar surface area (TPSA) is 89.8 Å². The maximum absolute atomic E-state index is 15.7. The van der Waals surface area contributed by atoms with Gasteiger partial charge in [-0.2, -0.15) is 0 Å². The van der Waals surface area contributed by atoms with E-state index in [1.807, 2.05) is 48.8 Å². The minimum absolute atomic E-state index is 0.221. The van der Waals surface area contributed by atoms with E-state index in [0.717, 1.165) is 68.7 Å². The predicted molar refractivity (Wildman–Crippen MR) is 291 cm³/mol. The summed E-state index contributed by atoms with van der Waals surface area (Å²) in [7, 11) is 0. The monoisotopic (exact) mass is 946 g/mol. The van der Waals surface area contributed by atoms with Crippen molar-refractivity contribution < 1.29 is 15.0 Å². The number of hydrogen-bond acceptors (Lipinski definition) is 7. The minimum atomic E-state index is -0.587. The molecule has 12 rings (SSSR count). The van der Waals surface area contributed by atoms with Gasteiger partial charge in [0, 0.05) is 60.5 Å². The van der Waals surface area contributed by atoms with Gasteiger partial charge in [0.05, 0.1) is 23.6 Å². The van der Waals surface area contributed by atoms with Gasteiger partial charge >= 0.3 is 0 Å². The molecule has 2 aliphatic carbocycles. The predicted octanol–water partition coefficient (Wildman–Crippen LogP) is 13.8. The Morgan fingerprint density at radius 1 is 0.500 bits per heavy atom. The molecule has 2 saturated heterocycles. The van der Waals surface area contributed by atoms with E-state index < -0.39 is 12.2 Å². The third kappa shape index (κ3) is 7.85. The van der Waals surface area contributed by atoms with Gasteiger partial charge in [0.1, 0.15) is 11.4 Å². The van der Waals surface area contributed by atoms with Gasteiger partial charge < -0.3 is 20.0 Å². The lowest BCUT2D eigenvalue weighted by molar-refractivity contribution is 0.103. The molecule has 0 saturated carbocycles. The number of rotatable bonds is 10. The van der Waals surface area contributed by atoms with Gasteiger partial charge in [0.2, 0.25) is 5.78 Å². The van der Waals surface area contributed by atoms with Crippen LogP contribution in [0.2, 0.25) is 0 Å². The summed E-state index contributed by atoms with van der Waals surface area (Å²) in [5.41, 5.74) is 17.3. The largest absolute Gasteiger partial charge is 0.388 e. The van der Waals surface area contributed by atoms with Crippen LogP contribution in [0.25, 0.3) is 44.5 Å². The molecule has 4 aliphatic rings. The Morgan fingerprint density at radius 2 is 0.903 bits per heavy atom. The molecule has 2 aliphatic heterocycles. The second kappa shape index (κ2) is 18.1. The normalized spacial score (nSPS) is 21.1. The Bertz CT molecular complexity index is 3150. The smallest absolute Gasteiger partial charge is 0.233 e. The highest BCUT2D eigenvalue weighted by Crippen LogP contribution is 2.54. The molecule has 4 unspecified atom stereocenters. The van der Waals surface area contributed by atoms with Crippen LogP contribution in [0.5, 0.6) is 0 Å². The summed E-state index contributed by atoms with van der Waals surface area (Å²) in [4.78, 5) is 30.5. The molecule has 2 fully saturated rings. The molecule has 4 heterocycles. The first-order valence-corrected chi connectivity index (χ1v) is 26.0. The quantitative estimate of drug-likeness (QED) is 0.132. The van der Waals surface area contributed by atoms with Crippen molar-refractivity contribution in [2.24, 2.45) is 0 Å². The highest BCUT2D eigenvalue weighted by molar-refractivity contribution is 6.13. The summed E-state index contributed by atoms with van der Waals surface area (Å²) in [6.45, 7) is 11.6. The highest BCUT2D eigenvalue weighted by atomic mass is 16.3. The van der Waals surface area contributed by atoms with Crippen molar-refractivity contribution >= 4 is 17.2 Å². The fraction of sp³-hybridized carbons (Fsp3) is 0.277. The molecule has 6 aromatic carbocycles. The van der Waals surface area contributed by atoms with E-state index in [-0.39, 0.29) is 16.6 Å². The second-order valence-corrected chi connectivity index (χ2v) is 21.7. The third-order valence-electron chi connectivity index (χ3n) is 16.7. The van der Waals surface area contributed by atoms with E-state index in [4.69, 9.17) is 9.97 Å². The molecule has 360 valence electrons. The summed E-state index contributed by atoms with van der Waals surface area (Å²) >= 11 is 0.